The number of nitrogens with one attached hydrogen (secondary N) is 1. The molecule has 18 heavy (non-hydrogen) atoms. The first kappa shape index (κ1) is 16.3. The summed E-state index contributed by atoms with van der Waals surface area (Å²) in [6.45, 7) is 10.7. The van der Waals surface area contributed by atoms with Crippen LogP contribution in [0.4, 0.5) is 0 Å². The maximum absolute atomic E-state index is 10.2. The smallest absolute Gasteiger partial charge is 0.0833 e. The molecule has 0 radical (unpaired) electrons. The van der Waals surface area contributed by atoms with Crippen molar-refractivity contribution in [1.82, 2.24) is 10.2 Å². The molecule has 0 bridgehead atoms. The maximum Gasteiger partial charge on any atom is 0.0833 e. The lowest BCUT2D eigenvalue weighted by atomic mass is 9.91. The first-order valence-electron chi connectivity index (χ1n) is 7.15. The average Bonchev–Trinajstić information content (AvgIpc) is 2.36. The van der Waals surface area contributed by atoms with Gasteiger partial charge in [0.2, 0.25) is 0 Å². The molecular formula is C14H30N2OS. The van der Waals surface area contributed by atoms with E-state index in [2.05, 4.69) is 24.1 Å². The van der Waals surface area contributed by atoms with E-state index in [1.54, 1.807) is 11.8 Å². The average molecular weight is 274 g/mol. The summed E-state index contributed by atoms with van der Waals surface area (Å²) in [7, 11) is 0. The molecule has 1 heterocycles. The van der Waals surface area contributed by atoms with Gasteiger partial charge in [-0.2, -0.15) is 11.8 Å². The standard InChI is InChI=1S/C14H30N2OS/c1-5-16-8-6-7-13(9-16)12(2)15-10-14(3,17)11-18-4/h12-13,15,17H,5-11H2,1-4H3. The summed E-state index contributed by atoms with van der Waals surface area (Å²) >= 11 is 1.70. The molecule has 0 aromatic rings. The number of likely N-dealkylation sites (tertiary alicyclic amines) is 1. The summed E-state index contributed by atoms with van der Waals surface area (Å²) < 4.78 is 0. The van der Waals surface area contributed by atoms with Crippen LogP contribution in [0, 0.1) is 5.92 Å². The first-order valence-corrected chi connectivity index (χ1v) is 8.55. The van der Waals surface area contributed by atoms with Crippen molar-refractivity contribution >= 4 is 11.8 Å². The van der Waals surface area contributed by atoms with Crippen LogP contribution in [0.2, 0.25) is 0 Å². The third-order valence-electron chi connectivity index (χ3n) is 3.96. The van der Waals surface area contributed by atoms with E-state index in [1.165, 1.54) is 25.9 Å². The molecule has 1 saturated heterocycles. The van der Waals surface area contributed by atoms with E-state index in [9.17, 15) is 5.11 Å². The Hall–Kier alpha value is 0.230. The van der Waals surface area contributed by atoms with Gasteiger partial charge >= 0.3 is 0 Å². The van der Waals surface area contributed by atoms with Gasteiger partial charge in [0.25, 0.3) is 0 Å². The van der Waals surface area contributed by atoms with Crippen molar-refractivity contribution in [2.24, 2.45) is 5.92 Å². The lowest BCUT2D eigenvalue weighted by Gasteiger charge is -2.36. The SMILES string of the molecule is CCN1CCCC(C(C)NCC(C)(O)CSC)C1. The second-order valence-electron chi connectivity index (χ2n) is 5.90. The van der Waals surface area contributed by atoms with Crippen molar-refractivity contribution in [3.05, 3.63) is 0 Å². The minimum atomic E-state index is -0.590. The Labute approximate surface area is 117 Å². The van der Waals surface area contributed by atoms with E-state index < -0.39 is 5.60 Å². The molecule has 3 unspecified atom stereocenters. The topological polar surface area (TPSA) is 35.5 Å². The molecule has 2 N–H and O–H groups in total. The Morgan fingerprint density at radius 2 is 2.28 bits per heavy atom. The molecule has 4 heteroatoms. The summed E-state index contributed by atoms with van der Waals surface area (Å²) in [5.74, 6) is 1.52. The van der Waals surface area contributed by atoms with Crippen molar-refractivity contribution in [3.8, 4) is 0 Å². The van der Waals surface area contributed by atoms with Crippen LogP contribution in [-0.2, 0) is 0 Å². The molecule has 3 nitrogen and oxygen atoms in total. The fraction of sp³-hybridized carbons (Fsp3) is 1.00. The number of piperidine rings is 1. The summed E-state index contributed by atoms with van der Waals surface area (Å²) in [6.07, 6.45) is 4.67. The predicted molar refractivity (Wildman–Crippen MR) is 81.3 cm³/mol. The van der Waals surface area contributed by atoms with Gasteiger partial charge in [0.05, 0.1) is 5.60 Å². The number of rotatable bonds is 7. The minimum Gasteiger partial charge on any atom is -0.388 e. The zero-order valence-corrected chi connectivity index (χ0v) is 13.2. The van der Waals surface area contributed by atoms with Crippen LogP contribution < -0.4 is 5.32 Å². The lowest BCUT2D eigenvalue weighted by molar-refractivity contribution is 0.0743. The summed E-state index contributed by atoms with van der Waals surface area (Å²) in [6, 6.07) is 0.493. The second kappa shape index (κ2) is 7.73. The van der Waals surface area contributed by atoms with Gasteiger partial charge in [0.15, 0.2) is 0 Å². The molecule has 1 aliphatic rings. The Bertz CT molecular complexity index is 236. The highest BCUT2D eigenvalue weighted by atomic mass is 32.2. The monoisotopic (exact) mass is 274 g/mol. The molecule has 0 amide bonds. The van der Waals surface area contributed by atoms with Crippen molar-refractivity contribution in [3.63, 3.8) is 0 Å². The minimum absolute atomic E-state index is 0.493. The predicted octanol–water partition coefficient (Wildman–Crippen LogP) is 1.81. The highest BCUT2D eigenvalue weighted by Crippen LogP contribution is 2.20. The molecule has 0 aromatic heterocycles. The van der Waals surface area contributed by atoms with Gasteiger partial charge in [-0.05, 0) is 52.0 Å². The van der Waals surface area contributed by atoms with Crippen LogP contribution in [0.5, 0.6) is 0 Å². The third-order valence-corrected chi connectivity index (χ3v) is 4.87. The van der Waals surface area contributed by atoms with Gasteiger partial charge in [-0.3, -0.25) is 0 Å². The molecule has 0 spiro atoms. The molecule has 0 aromatic carbocycles. The number of nitrogens with zero attached hydrogens (tertiary/aromatic N) is 1. The summed E-state index contributed by atoms with van der Waals surface area (Å²) in [5.41, 5.74) is -0.590. The zero-order chi connectivity index (χ0) is 13.6. The molecule has 1 fully saturated rings. The van der Waals surface area contributed by atoms with Crippen molar-refractivity contribution < 1.29 is 5.11 Å². The van der Waals surface area contributed by atoms with Crippen molar-refractivity contribution in [1.29, 1.82) is 0 Å². The molecule has 0 aliphatic carbocycles. The van der Waals surface area contributed by atoms with E-state index in [-0.39, 0.29) is 0 Å². The van der Waals surface area contributed by atoms with Gasteiger partial charge in [0, 0.05) is 24.9 Å². The van der Waals surface area contributed by atoms with Crippen LogP contribution in [0.15, 0.2) is 0 Å². The van der Waals surface area contributed by atoms with Gasteiger partial charge < -0.3 is 15.3 Å². The van der Waals surface area contributed by atoms with E-state index in [4.69, 9.17) is 0 Å². The summed E-state index contributed by atoms with van der Waals surface area (Å²) in [4.78, 5) is 2.53. The molecular weight excluding hydrogens is 244 g/mol. The normalized spacial score (nSPS) is 26.8. The van der Waals surface area contributed by atoms with Crippen LogP contribution in [0.25, 0.3) is 0 Å². The third kappa shape index (κ3) is 5.47. The first-order chi connectivity index (χ1) is 8.48. The van der Waals surface area contributed by atoms with Gasteiger partial charge in [-0.25, -0.2) is 0 Å². The van der Waals surface area contributed by atoms with Crippen LogP contribution in [-0.4, -0.2) is 59.8 Å². The van der Waals surface area contributed by atoms with Crippen LogP contribution >= 0.6 is 11.8 Å². The molecule has 3 atom stereocenters. The van der Waals surface area contributed by atoms with E-state index >= 15 is 0 Å². The Balaban J connectivity index is 2.33. The van der Waals surface area contributed by atoms with Crippen LogP contribution in [0.3, 0.4) is 0 Å². The molecule has 1 aliphatic heterocycles. The lowest BCUT2D eigenvalue weighted by Crippen LogP contribution is -2.49. The molecule has 108 valence electrons. The van der Waals surface area contributed by atoms with E-state index in [1.807, 2.05) is 13.2 Å². The van der Waals surface area contributed by atoms with Gasteiger partial charge in [0.1, 0.15) is 0 Å². The highest BCUT2D eigenvalue weighted by Gasteiger charge is 2.26. The van der Waals surface area contributed by atoms with Gasteiger partial charge in [-0.15, -0.1) is 0 Å². The van der Waals surface area contributed by atoms with Crippen molar-refractivity contribution in [2.45, 2.75) is 45.3 Å². The Morgan fingerprint density at radius 1 is 1.56 bits per heavy atom. The number of thioether (sulfide) groups is 1. The van der Waals surface area contributed by atoms with Crippen LogP contribution in [0.1, 0.15) is 33.6 Å². The number of aliphatic hydroxyl groups is 1. The quantitative estimate of drug-likeness (QED) is 0.742. The number of hydrogen-bond donors (Lipinski definition) is 2. The molecule has 0 saturated carbocycles. The second-order valence-corrected chi connectivity index (χ2v) is 6.76. The molecule has 1 rings (SSSR count). The summed E-state index contributed by atoms with van der Waals surface area (Å²) in [5, 5.41) is 13.7. The fourth-order valence-corrected chi connectivity index (χ4v) is 3.42. The number of hydrogen-bond acceptors (Lipinski definition) is 4. The fourth-order valence-electron chi connectivity index (χ4n) is 2.70. The maximum atomic E-state index is 10.2. The van der Waals surface area contributed by atoms with Gasteiger partial charge in [-0.1, -0.05) is 6.92 Å². The van der Waals surface area contributed by atoms with E-state index in [0.29, 0.717) is 12.6 Å². The highest BCUT2D eigenvalue weighted by molar-refractivity contribution is 7.98. The van der Waals surface area contributed by atoms with Crippen molar-refractivity contribution in [2.75, 3.05) is 38.2 Å². The van der Waals surface area contributed by atoms with E-state index in [0.717, 1.165) is 18.2 Å². The Kier molecular flexibility index (Phi) is 6.99. The largest absolute Gasteiger partial charge is 0.388 e. The Morgan fingerprint density at radius 3 is 2.89 bits per heavy atom. The zero-order valence-electron chi connectivity index (χ0n) is 12.4.